The summed E-state index contributed by atoms with van der Waals surface area (Å²) in [6.07, 6.45) is 11.7. The first kappa shape index (κ1) is 22.3. The number of alkyl halides is 3. The number of imidazole rings is 1. The number of nitrogens with zero attached hydrogens (tertiary/aromatic N) is 4. The SMILES string of the molecule is CC1(C)C(=O)C2C=C3C=CC(=N3)C=c3ccc([nH]3)=CC3=NC(n4cnc(C(F)(F)F)c4)(C=C3)C=C1N2. The second-order valence-electron chi connectivity index (χ2n) is 9.61. The Hall–Kier alpha value is -4.21. The molecule has 6 heterocycles. The Labute approximate surface area is 203 Å². The zero-order valence-electron chi connectivity index (χ0n) is 19.3. The number of hydrogen-bond acceptors (Lipinski definition) is 5. The third kappa shape index (κ3) is 3.60. The van der Waals surface area contributed by atoms with E-state index in [1.165, 1.54) is 4.57 Å². The number of carbonyl (C=O) groups excluding carboxylic acids is 1. The van der Waals surface area contributed by atoms with Gasteiger partial charge in [-0.1, -0.05) is 0 Å². The fraction of sp³-hybridized carbons (Fsp3) is 0.231. The van der Waals surface area contributed by atoms with Gasteiger partial charge in [0.2, 0.25) is 0 Å². The van der Waals surface area contributed by atoms with Crippen LogP contribution in [0, 0.1) is 5.41 Å². The number of halogens is 3. The molecule has 0 saturated carbocycles. The van der Waals surface area contributed by atoms with Gasteiger partial charge in [0.15, 0.2) is 17.1 Å². The minimum Gasteiger partial charge on any atom is -0.375 e. The van der Waals surface area contributed by atoms with Gasteiger partial charge in [0.05, 0.1) is 28.9 Å². The molecule has 0 radical (unpaired) electrons. The molecule has 4 aliphatic heterocycles. The fourth-order valence-electron chi connectivity index (χ4n) is 4.68. The number of rotatable bonds is 1. The van der Waals surface area contributed by atoms with Crippen LogP contribution in [0.4, 0.5) is 13.2 Å². The normalized spacial score (nSPS) is 26.0. The average molecular weight is 490 g/mol. The van der Waals surface area contributed by atoms with Crippen LogP contribution < -0.4 is 16.0 Å². The van der Waals surface area contributed by atoms with Gasteiger partial charge in [0.25, 0.3) is 0 Å². The molecule has 1 fully saturated rings. The first-order chi connectivity index (χ1) is 17.0. The number of allylic oxidation sites excluding steroid dienone is 4. The lowest BCUT2D eigenvalue weighted by Crippen LogP contribution is -2.29. The zero-order valence-corrected chi connectivity index (χ0v) is 19.3. The third-order valence-corrected chi connectivity index (χ3v) is 6.69. The van der Waals surface area contributed by atoms with Crippen molar-refractivity contribution in [2.45, 2.75) is 31.7 Å². The molecule has 6 rings (SSSR count). The average Bonchev–Trinajstić information content (AvgIpc) is 3.61. The van der Waals surface area contributed by atoms with Gasteiger partial charge in [-0.05, 0) is 74.6 Å². The third-order valence-electron chi connectivity index (χ3n) is 6.69. The largest absolute Gasteiger partial charge is 0.434 e. The first-order valence-electron chi connectivity index (χ1n) is 11.3. The summed E-state index contributed by atoms with van der Waals surface area (Å²) in [6, 6.07) is 3.14. The summed E-state index contributed by atoms with van der Waals surface area (Å²) in [4.78, 5) is 29.6. The predicted molar refractivity (Wildman–Crippen MR) is 129 cm³/mol. The minimum atomic E-state index is -4.60. The van der Waals surface area contributed by atoms with Crippen molar-refractivity contribution in [1.82, 2.24) is 19.9 Å². The minimum absolute atomic E-state index is 0.0744. The molecule has 8 bridgehead atoms. The summed E-state index contributed by atoms with van der Waals surface area (Å²) in [6.45, 7) is 3.57. The molecule has 4 aliphatic rings. The first-order valence-corrected chi connectivity index (χ1v) is 11.3. The number of Topliss-reactive ketones (excluding diaryl/α,β-unsaturated/α-hetero) is 1. The molecule has 7 nitrogen and oxygen atoms in total. The Morgan fingerprint density at radius 1 is 1.06 bits per heavy atom. The number of aromatic amines is 1. The van der Waals surface area contributed by atoms with E-state index >= 15 is 0 Å². The molecule has 2 atom stereocenters. The van der Waals surface area contributed by atoms with Gasteiger partial charge in [-0.3, -0.25) is 4.79 Å². The molecule has 0 aromatic carbocycles. The van der Waals surface area contributed by atoms with Crippen LogP contribution in [0.1, 0.15) is 19.5 Å². The molecule has 182 valence electrons. The molecule has 10 heteroatoms. The summed E-state index contributed by atoms with van der Waals surface area (Å²) in [7, 11) is 0. The lowest BCUT2D eigenvalue weighted by Gasteiger charge is -2.26. The van der Waals surface area contributed by atoms with Gasteiger partial charge in [0.1, 0.15) is 6.04 Å². The molecule has 2 N–H and O–H groups in total. The number of nitrogens with one attached hydrogen (secondary N) is 2. The van der Waals surface area contributed by atoms with E-state index in [0.29, 0.717) is 17.1 Å². The summed E-state index contributed by atoms with van der Waals surface area (Å²) < 4.78 is 41.4. The van der Waals surface area contributed by atoms with Crippen LogP contribution in [0.3, 0.4) is 0 Å². The number of ketones is 1. The number of H-pyrrole nitrogens is 1. The number of fused-ring (bicyclic) bond motifs is 6. The highest BCUT2D eigenvalue weighted by atomic mass is 19.4. The zero-order chi connectivity index (χ0) is 25.3. The Balaban J connectivity index is 1.58. The van der Waals surface area contributed by atoms with Crippen molar-refractivity contribution in [2.75, 3.05) is 0 Å². The second-order valence-corrected chi connectivity index (χ2v) is 9.61. The van der Waals surface area contributed by atoms with Gasteiger partial charge < -0.3 is 14.9 Å². The van der Waals surface area contributed by atoms with Crippen LogP contribution in [0.25, 0.3) is 12.2 Å². The van der Waals surface area contributed by atoms with Crippen LogP contribution in [0.2, 0.25) is 0 Å². The van der Waals surface area contributed by atoms with Gasteiger partial charge in [-0.2, -0.15) is 13.2 Å². The number of carbonyl (C=O) groups is 1. The van der Waals surface area contributed by atoms with Crippen LogP contribution in [0.5, 0.6) is 0 Å². The highest BCUT2D eigenvalue weighted by Crippen LogP contribution is 2.39. The quantitative estimate of drug-likeness (QED) is 0.644. The summed E-state index contributed by atoms with van der Waals surface area (Å²) in [5.74, 6) is -0.0744. The van der Waals surface area contributed by atoms with Crippen LogP contribution >= 0.6 is 0 Å². The van der Waals surface area contributed by atoms with Gasteiger partial charge in [0, 0.05) is 22.6 Å². The summed E-state index contributed by atoms with van der Waals surface area (Å²) >= 11 is 0. The van der Waals surface area contributed by atoms with Crippen LogP contribution in [-0.2, 0) is 16.6 Å². The van der Waals surface area contributed by atoms with Crippen molar-refractivity contribution in [3.8, 4) is 0 Å². The molecule has 2 aromatic heterocycles. The van der Waals surface area contributed by atoms with Gasteiger partial charge in [-0.15, -0.1) is 0 Å². The Bertz CT molecular complexity index is 1610. The lowest BCUT2D eigenvalue weighted by molar-refractivity contribution is -0.141. The number of hydrogen-bond donors (Lipinski definition) is 2. The van der Waals surface area contributed by atoms with E-state index in [0.717, 1.165) is 28.9 Å². The van der Waals surface area contributed by atoms with E-state index in [9.17, 15) is 18.0 Å². The smallest absolute Gasteiger partial charge is 0.375 e. The van der Waals surface area contributed by atoms with Gasteiger partial charge in [-0.25, -0.2) is 15.0 Å². The van der Waals surface area contributed by atoms with Crippen molar-refractivity contribution in [1.29, 1.82) is 0 Å². The molecule has 1 saturated heterocycles. The van der Waals surface area contributed by atoms with E-state index in [-0.39, 0.29) is 5.78 Å². The maximum Gasteiger partial charge on any atom is 0.434 e. The molecule has 0 aliphatic carbocycles. The predicted octanol–water partition coefficient (Wildman–Crippen LogP) is 2.51. The molecule has 2 aromatic rings. The molecule has 2 unspecified atom stereocenters. The Kier molecular flexibility index (Phi) is 4.57. The van der Waals surface area contributed by atoms with Crippen LogP contribution in [0.15, 0.2) is 82.5 Å². The topological polar surface area (TPSA) is 87.4 Å². The van der Waals surface area contributed by atoms with Crippen molar-refractivity contribution >= 4 is 29.4 Å². The highest BCUT2D eigenvalue weighted by Gasteiger charge is 2.46. The Morgan fingerprint density at radius 2 is 1.81 bits per heavy atom. The fourth-order valence-corrected chi connectivity index (χ4v) is 4.68. The molecular weight excluding hydrogens is 469 g/mol. The van der Waals surface area contributed by atoms with Crippen molar-refractivity contribution < 1.29 is 18.0 Å². The van der Waals surface area contributed by atoms with E-state index in [1.807, 2.05) is 30.4 Å². The molecular formula is C26H21F3N6O. The molecule has 36 heavy (non-hydrogen) atoms. The standard InChI is InChI=1S/C26H21F3N6O/c1-24(2)21-12-25(35-13-22(30-14-35)26(27,28)29)8-7-19(34-25)10-17-4-3-15(31-17)9-16-5-6-18(32-16)11-20(33-21)23(24)36/h3-14,20,31,33H,1-2H3. The molecule has 0 amide bonds. The molecule has 0 spiro atoms. The number of aliphatic imine (C=N–C) groups is 2. The van der Waals surface area contributed by atoms with E-state index < -0.39 is 29.0 Å². The van der Waals surface area contributed by atoms with Crippen molar-refractivity contribution in [3.63, 3.8) is 0 Å². The summed E-state index contributed by atoms with van der Waals surface area (Å²) in [5, 5.41) is 4.86. The van der Waals surface area contributed by atoms with Crippen LogP contribution in [-0.4, -0.2) is 37.8 Å². The summed E-state index contributed by atoms with van der Waals surface area (Å²) in [5.41, 5.74) is -0.795. The monoisotopic (exact) mass is 490 g/mol. The maximum atomic E-state index is 13.4. The number of aromatic nitrogens is 3. The van der Waals surface area contributed by atoms with Gasteiger partial charge >= 0.3 is 6.18 Å². The van der Waals surface area contributed by atoms with E-state index in [4.69, 9.17) is 4.99 Å². The highest BCUT2D eigenvalue weighted by molar-refractivity contribution is 6.19. The second kappa shape index (κ2) is 7.39. The Morgan fingerprint density at radius 3 is 2.53 bits per heavy atom. The maximum absolute atomic E-state index is 13.4. The van der Waals surface area contributed by atoms with E-state index in [2.05, 4.69) is 20.3 Å². The lowest BCUT2D eigenvalue weighted by atomic mass is 9.84. The van der Waals surface area contributed by atoms with Crippen molar-refractivity contribution in [3.05, 3.63) is 88.9 Å². The van der Waals surface area contributed by atoms with E-state index in [1.54, 1.807) is 44.2 Å². The van der Waals surface area contributed by atoms with Crippen molar-refractivity contribution in [2.24, 2.45) is 15.4 Å².